The molecule has 1 atom stereocenters. The molecule has 2 rings (SSSR count). The number of rotatable bonds is 6. The molecule has 1 saturated heterocycles. The molecule has 0 radical (unpaired) electrons. The van der Waals surface area contributed by atoms with Crippen molar-refractivity contribution >= 4 is 27.5 Å². The third kappa shape index (κ3) is 3.98. The molecule has 1 unspecified atom stereocenters. The predicted molar refractivity (Wildman–Crippen MR) is 90.6 cm³/mol. The molecular formula is C16H24BrN3O. The minimum atomic E-state index is -0.0470. The molecular weight excluding hydrogens is 330 g/mol. The number of amides is 1. The topological polar surface area (TPSA) is 44.4 Å². The van der Waals surface area contributed by atoms with Crippen molar-refractivity contribution in [3.05, 3.63) is 28.2 Å². The monoisotopic (exact) mass is 353 g/mol. The Morgan fingerprint density at radius 2 is 2.29 bits per heavy atom. The van der Waals surface area contributed by atoms with Crippen LogP contribution in [0.15, 0.2) is 22.7 Å². The first-order chi connectivity index (χ1) is 10.2. The Balaban J connectivity index is 2.23. The first kappa shape index (κ1) is 16.3. The second kappa shape index (κ2) is 7.80. The van der Waals surface area contributed by atoms with E-state index in [0.29, 0.717) is 0 Å². The predicted octanol–water partition coefficient (Wildman–Crippen LogP) is 2.66. The van der Waals surface area contributed by atoms with Crippen LogP contribution in [-0.4, -0.2) is 32.1 Å². The van der Waals surface area contributed by atoms with Gasteiger partial charge in [-0.25, -0.2) is 0 Å². The van der Waals surface area contributed by atoms with E-state index in [1.165, 1.54) is 11.3 Å². The van der Waals surface area contributed by atoms with Crippen molar-refractivity contribution in [1.29, 1.82) is 0 Å². The molecule has 0 bridgehead atoms. The Kier molecular flexibility index (Phi) is 6.06. The number of benzene rings is 1. The fraction of sp³-hybridized carbons (Fsp3) is 0.562. The number of halogens is 1. The van der Waals surface area contributed by atoms with Gasteiger partial charge in [-0.2, -0.15) is 0 Å². The van der Waals surface area contributed by atoms with Crippen LogP contribution in [-0.2, 0) is 11.3 Å². The Bertz CT molecular complexity index is 492. The average molecular weight is 354 g/mol. The van der Waals surface area contributed by atoms with Crippen LogP contribution < -0.4 is 15.5 Å². The van der Waals surface area contributed by atoms with Crippen LogP contribution in [0.1, 0.15) is 31.7 Å². The van der Waals surface area contributed by atoms with Crippen molar-refractivity contribution in [2.24, 2.45) is 0 Å². The lowest BCUT2D eigenvalue weighted by atomic mass is 10.1. The van der Waals surface area contributed by atoms with Crippen LogP contribution in [0.3, 0.4) is 0 Å². The van der Waals surface area contributed by atoms with Crippen molar-refractivity contribution < 1.29 is 4.79 Å². The van der Waals surface area contributed by atoms with E-state index in [1.54, 1.807) is 7.05 Å². The summed E-state index contributed by atoms with van der Waals surface area (Å²) in [6.07, 6.45) is 3.11. The summed E-state index contributed by atoms with van der Waals surface area (Å²) in [5.74, 6) is 0.111. The third-order valence-electron chi connectivity index (χ3n) is 3.90. The molecule has 1 fully saturated rings. The van der Waals surface area contributed by atoms with Gasteiger partial charge in [0.05, 0.1) is 0 Å². The fourth-order valence-corrected chi connectivity index (χ4v) is 3.20. The van der Waals surface area contributed by atoms with Crippen LogP contribution in [0.4, 0.5) is 5.69 Å². The van der Waals surface area contributed by atoms with E-state index in [4.69, 9.17) is 0 Å². The van der Waals surface area contributed by atoms with Gasteiger partial charge in [0.2, 0.25) is 5.91 Å². The lowest BCUT2D eigenvalue weighted by Gasteiger charge is -2.28. The quantitative estimate of drug-likeness (QED) is 0.772. The summed E-state index contributed by atoms with van der Waals surface area (Å²) in [5.41, 5.74) is 2.42. The van der Waals surface area contributed by atoms with Gasteiger partial charge in [-0.15, -0.1) is 0 Å². The van der Waals surface area contributed by atoms with Gasteiger partial charge in [-0.05, 0) is 43.5 Å². The molecule has 116 valence electrons. The Morgan fingerprint density at radius 3 is 3.00 bits per heavy atom. The lowest BCUT2D eigenvalue weighted by molar-refractivity contribution is -0.121. The van der Waals surface area contributed by atoms with E-state index < -0.39 is 0 Å². The summed E-state index contributed by atoms with van der Waals surface area (Å²) < 4.78 is 1.05. The van der Waals surface area contributed by atoms with Crippen LogP contribution >= 0.6 is 15.9 Å². The molecule has 1 aromatic rings. The van der Waals surface area contributed by atoms with E-state index in [9.17, 15) is 4.79 Å². The number of nitrogens with zero attached hydrogens (tertiary/aromatic N) is 1. The van der Waals surface area contributed by atoms with Gasteiger partial charge in [-0.3, -0.25) is 4.79 Å². The molecule has 0 aliphatic carbocycles. The van der Waals surface area contributed by atoms with Gasteiger partial charge in [0.25, 0.3) is 0 Å². The van der Waals surface area contributed by atoms with Crippen LogP contribution in [0.5, 0.6) is 0 Å². The molecule has 1 amide bonds. The SMILES string of the molecule is CCCNCc1ccc(Br)cc1N1CCCC1C(=O)NC. The molecule has 0 saturated carbocycles. The van der Waals surface area contributed by atoms with Gasteiger partial charge >= 0.3 is 0 Å². The number of carbonyl (C=O) groups is 1. The highest BCUT2D eigenvalue weighted by Gasteiger charge is 2.31. The van der Waals surface area contributed by atoms with E-state index in [-0.39, 0.29) is 11.9 Å². The van der Waals surface area contributed by atoms with Crippen molar-refractivity contribution in [2.45, 2.75) is 38.8 Å². The molecule has 1 heterocycles. The van der Waals surface area contributed by atoms with E-state index in [1.807, 2.05) is 0 Å². The maximum Gasteiger partial charge on any atom is 0.242 e. The second-order valence-electron chi connectivity index (χ2n) is 5.42. The number of hydrogen-bond donors (Lipinski definition) is 2. The minimum Gasteiger partial charge on any atom is -0.359 e. The first-order valence-electron chi connectivity index (χ1n) is 7.64. The number of nitrogens with one attached hydrogen (secondary N) is 2. The normalized spacial score (nSPS) is 18.0. The molecule has 4 nitrogen and oxygen atoms in total. The summed E-state index contributed by atoms with van der Waals surface area (Å²) in [6, 6.07) is 6.29. The molecule has 0 spiro atoms. The van der Waals surface area contributed by atoms with Crippen LogP contribution in [0.2, 0.25) is 0 Å². The number of hydrogen-bond acceptors (Lipinski definition) is 3. The highest BCUT2D eigenvalue weighted by molar-refractivity contribution is 9.10. The molecule has 1 aliphatic heterocycles. The van der Waals surface area contributed by atoms with Crippen molar-refractivity contribution in [3.63, 3.8) is 0 Å². The second-order valence-corrected chi connectivity index (χ2v) is 6.33. The van der Waals surface area contributed by atoms with Crippen molar-refractivity contribution in [2.75, 3.05) is 25.0 Å². The van der Waals surface area contributed by atoms with Crippen molar-refractivity contribution in [3.8, 4) is 0 Å². The Hall–Kier alpha value is -1.07. The zero-order valence-electron chi connectivity index (χ0n) is 12.8. The highest BCUT2D eigenvalue weighted by Crippen LogP contribution is 2.31. The minimum absolute atomic E-state index is 0.0470. The zero-order valence-corrected chi connectivity index (χ0v) is 14.4. The van der Waals surface area contributed by atoms with E-state index in [2.05, 4.69) is 56.6 Å². The molecule has 1 aliphatic rings. The fourth-order valence-electron chi connectivity index (χ4n) is 2.85. The molecule has 0 aromatic heterocycles. The first-order valence-corrected chi connectivity index (χ1v) is 8.44. The van der Waals surface area contributed by atoms with E-state index >= 15 is 0 Å². The number of anilines is 1. The van der Waals surface area contributed by atoms with Crippen LogP contribution in [0, 0.1) is 0 Å². The summed E-state index contributed by atoms with van der Waals surface area (Å²) in [5, 5.41) is 6.24. The molecule has 5 heteroatoms. The summed E-state index contributed by atoms with van der Waals surface area (Å²) in [7, 11) is 1.71. The molecule has 1 aromatic carbocycles. The molecule has 2 N–H and O–H groups in total. The summed E-state index contributed by atoms with van der Waals surface area (Å²) in [4.78, 5) is 14.3. The van der Waals surface area contributed by atoms with Gasteiger partial charge < -0.3 is 15.5 Å². The maximum atomic E-state index is 12.1. The smallest absolute Gasteiger partial charge is 0.242 e. The van der Waals surface area contributed by atoms with Crippen molar-refractivity contribution in [1.82, 2.24) is 10.6 Å². The average Bonchev–Trinajstić information content (AvgIpc) is 2.97. The summed E-state index contributed by atoms with van der Waals surface area (Å²) in [6.45, 7) is 4.95. The zero-order chi connectivity index (χ0) is 15.2. The number of likely N-dealkylation sites (N-methyl/N-ethyl adjacent to an activating group) is 1. The third-order valence-corrected chi connectivity index (χ3v) is 4.39. The lowest BCUT2D eigenvalue weighted by Crippen LogP contribution is -2.42. The largest absolute Gasteiger partial charge is 0.359 e. The molecule has 21 heavy (non-hydrogen) atoms. The number of carbonyl (C=O) groups excluding carboxylic acids is 1. The highest BCUT2D eigenvalue weighted by atomic mass is 79.9. The summed E-state index contributed by atoms with van der Waals surface area (Å²) >= 11 is 3.55. The Labute approximate surface area is 135 Å². The van der Waals surface area contributed by atoms with Gasteiger partial charge in [0.1, 0.15) is 6.04 Å². The van der Waals surface area contributed by atoms with Gasteiger partial charge in [-0.1, -0.05) is 28.9 Å². The maximum absolute atomic E-state index is 12.1. The standard InChI is InChI=1S/C16H24BrN3O/c1-3-8-19-11-12-6-7-13(17)10-15(12)20-9-4-5-14(20)16(21)18-2/h6-7,10,14,19H,3-5,8-9,11H2,1-2H3,(H,18,21). The Morgan fingerprint density at radius 1 is 1.48 bits per heavy atom. The van der Waals surface area contributed by atoms with Gasteiger partial charge in [0.15, 0.2) is 0 Å². The van der Waals surface area contributed by atoms with Gasteiger partial charge in [0, 0.05) is 30.3 Å². The van der Waals surface area contributed by atoms with E-state index in [0.717, 1.165) is 43.4 Å². The van der Waals surface area contributed by atoms with Crippen LogP contribution in [0.25, 0.3) is 0 Å².